The highest BCUT2D eigenvalue weighted by Crippen LogP contribution is 2.51. The smallest absolute Gasteiger partial charge is 0.231 e. The SMILES string of the molecule is COc1cc2c(c(OC)c1OC)-c1cc3c(cc1C[C@H]1CCCCN1C2)OCO3. The van der Waals surface area contributed by atoms with Crippen molar-refractivity contribution < 1.29 is 23.7 Å². The van der Waals surface area contributed by atoms with Gasteiger partial charge in [-0.25, -0.2) is 0 Å². The van der Waals surface area contributed by atoms with Crippen molar-refractivity contribution in [1.82, 2.24) is 4.90 Å². The minimum Gasteiger partial charge on any atom is -0.493 e. The fourth-order valence-corrected chi connectivity index (χ4v) is 4.98. The second-order valence-electron chi connectivity index (χ2n) is 7.87. The number of piperidine rings is 1. The first-order chi connectivity index (χ1) is 14.2. The maximum Gasteiger partial charge on any atom is 0.231 e. The third-order valence-electron chi connectivity index (χ3n) is 6.36. The standard InChI is InChI=1S/C23H27NO5/c1-25-20-10-15-12-24-7-5-4-6-16(24)8-14-9-18-19(29-13-28-18)11-17(14)21(15)23(27-3)22(20)26-2/h9-11,16H,4-8,12-13H2,1-3H3/t16-/m1/s1. The molecule has 0 N–H and O–H groups in total. The molecule has 0 unspecified atom stereocenters. The van der Waals surface area contributed by atoms with E-state index in [-0.39, 0.29) is 6.79 Å². The van der Waals surface area contributed by atoms with Gasteiger partial charge in [0.25, 0.3) is 0 Å². The van der Waals surface area contributed by atoms with E-state index in [2.05, 4.69) is 23.1 Å². The number of nitrogens with zero attached hydrogens (tertiary/aromatic N) is 1. The number of hydrogen-bond donors (Lipinski definition) is 0. The second-order valence-corrected chi connectivity index (χ2v) is 7.87. The summed E-state index contributed by atoms with van der Waals surface area (Å²) in [7, 11) is 5.01. The summed E-state index contributed by atoms with van der Waals surface area (Å²) in [6, 6.07) is 6.87. The van der Waals surface area contributed by atoms with Crippen LogP contribution in [0.25, 0.3) is 11.1 Å². The first-order valence-corrected chi connectivity index (χ1v) is 10.2. The Balaban J connectivity index is 1.78. The highest BCUT2D eigenvalue weighted by Gasteiger charge is 2.32. The van der Waals surface area contributed by atoms with Crippen LogP contribution in [0.5, 0.6) is 28.7 Å². The third-order valence-corrected chi connectivity index (χ3v) is 6.36. The second kappa shape index (κ2) is 7.34. The normalized spacial score (nSPS) is 20.0. The predicted molar refractivity (Wildman–Crippen MR) is 109 cm³/mol. The van der Waals surface area contributed by atoms with E-state index in [1.54, 1.807) is 21.3 Å². The first-order valence-electron chi connectivity index (χ1n) is 10.2. The van der Waals surface area contributed by atoms with Crippen LogP contribution in [0.1, 0.15) is 30.4 Å². The van der Waals surface area contributed by atoms with Crippen molar-refractivity contribution in [3.63, 3.8) is 0 Å². The molecule has 29 heavy (non-hydrogen) atoms. The molecule has 3 aliphatic rings. The molecule has 6 heteroatoms. The van der Waals surface area contributed by atoms with Gasteiger partial charge in [-0.3, -0.25) is 4.90 Å². The zero-order valence-corrected chi connectivity index (χ0v) is 17.2. The summed E-state index contributed by atoms with van der Waals surface area (Å²) in [5.74, 6) is 3.63. The Morgan fingerprint density at radius 2 is 1.69 bits per heavy atom. The van der Waals surface area contributed by atoms with Gasteiger partial charge in [-0.1, -0.05) is 6.42 Å². The molecule has 0 bridgehead atoms. The minimum absolute atomic E-state index is 0.268. The molecule has 3 aliphatic heterocycles. The largest absolute Gasteiger partial charge is 0.493 e. The lowest BCUT2D eigenvalue weighted by molar-refractivity contribution is 0.138. The summed E-state index contributed by atoms with van der Waals surface area (Å²) < 4.78 is 28.6. The predicted octanol–water partition coefficient (Wildman–Crippen LogP) is 4.02. The Morgan fingerprint density at radius 1 is 0.897 bits per heavy atom. The van der Waals surface area contributed by atoms with Crippen LogP contribution in [0.2, 0.25) is 0 Å². The first kappa shape index (κ1) is 18.4. The zero-order chi connectivity index (χ0) is 20.0. The van der Waals surface area contributed by atoms with Crippen LogP contribution in [0.15, 0.2) is 18.2 Å². The molecule has 1 saturated heterocycles. The maximum atomic E-state index is 5.89. The average Bonchev–Trinajstić information content (AvgIpc) is 3.19. The summed E-state index contributed by atoms with van der Waals surface area (Å²) in [4.78, 5) is 2.60. The van der Waals surface area contributed by atoms with Crippen molar-refractivity contribution in [2.24, 2.45) is 0 Å². The minimum atomic E-state index is 0.268. The summed E-state index contributed by atoms with van der Waals surface area (Å²) in [5, 5.41) is 0. The molecule has 1 fully saturated rings. The summed E-state index contributed by atoms with van der Waals surface area (Å²) in [6.07, 6.45) is 4.73. The molecule has 1 atom stereocenters. The number of rotatable bonds is 3. The average molecular weight is 397 g/mol. The molecular weight excluding hydrogens is 370 g/mol. The van der Waals surface area contributed by atoms with E-state index in [9.17, 15) is 0 Å². The molecule has 5 rings (SSSR count). The molecule has 0 spiro atoms. The Hall–Kier alpha value is -2.60. The highest BCUT2D eigenvalue weighted by atomic mass is 16.7. The Morgan fingerprint density at radius 3 is 2.45 bits per heavy atom. The van der Waals surface area contributed by atoms with Crippen LogP contribution in [0, 0.1) is 0 Å². The molecule has 0 saturated carbocycles. The van der Waals surface area contributed by atoms with E-state index in [0.717, 1.165) is 42.1 Å². The van der Waals surface area contributed by atoms with Crippen LogP contribution < -0.4 is 23.7 Å². The number of hydrogen-bond acceptors (Lipinski definition) is 6. The van der Waals surface area contributed by atoms with Gasteiger partial charge in [0.2, 0.25) is 12.5 Å². The zero-order valence-electron chi connectivity index (χ0n) is 17.2. The third kappa shape index (κ3) is 2.97. The van der Waals surface area contributed by atoms with Gasteiger partial charge in [0.05, 0.1) is 21.3 Å². The molecule has 0 aromatic heterocycles. The molecule has 2 aromatic rings. The van der Waals surface area contributed by atoms with E-state index in [1.165, 1.54) is 30.4 Å². The van der Waals surface area contributed by atoms with Crippen LogP contribution >= 0.6 is 0 Å². The van der Waals surface area contributed by atoms with Gasteiger partial charge >= 0.3 is 0 Å². The van der Waals surface area contributed by atoms with Crippen molar-refractivity contribution in [2.75, 3.05) is 34.7 Å². The number of ether oxygens (including phenoxy) is 5. The topological polar surface area (TPSA) is 49.4 Å². The van der Waals surface area contributed by atoms with Gasteiger partial charge in [-0.05, 0) is 60.7 Å². The Bertz CT molecular complexity index is 942. The number of fused-ring (bicyclic) bond motifs is 5. The van der Waals surface area contributed by atoms with Crippen LogP contribution in [-0.2, 0) is 13.0 Å². The van der Waals surface area contributed by atoms with Crippen LogP contribution in [0.4, 0.5) is 0 Å². The van der Waals surface area contributed by atoms with Gasteiger partial charge < -0.3 is 23.7 Å². The van der Waals surface area contributed by atoms with Gasteiger partial charge in [0, 0.05) is 18.2 Å². The Labute approximate surface area is 171 Å². The van der Waals surface area contributed by atoms with E-state index in [0.29, 0.717) is 23.3 Å². The summed E-state index contributed by atoms with van der Waals surface area (Å²) in [5.41, 5.74) is 4.64. The molecule has 0 radical (unpaired) electrons. The van der Waals surface area contributed by atoms with E-state index < -0.39 is 0 Å². The van der Waals surface area contributed by atoms with Gasteiger partial charge in [-0.15, -0.1) is 0 Å². The van der Waals surface area contributed by atoms with Crippen molar-refractivity contribution in [3.05, 3.63) is 29.3 Å². The van der Waals surface area contributed by atoms with Crippen LogP contribution in [0.3, 0.4) is 0 Å². The van der Waals surface area contributed by atoms with Gasteiger partial charge in [0.15, 0.2) is 23.0 Å². The van der Waals surface area contributed by atoms with Gasteiger partial charge in [-0.2, -0.15) is 0 Å². The van der Waals surface area contributed by atoms with Crippen molar-refractivity contribution >= 4 is 0 Å². The fraction of sp³-hybridized carbons (Fsp3) is 0.478. The summed E-state index contributed by atoms with van der Waals surface area (Å²) in [6.45, 7) is 2.24. The van der Waals surface area contributed by atoms with Crippen molar-refractivity contribution in [3.8, 4) is 39.9 Å². The highest BCUT2D eigenvalue weighted by molar-refractivity contribution is 5.83. The lowest BCUT2D eigenvalue weighted by Gasteiger charge is -2.38. The molecule has 154 valence electrons. The molecule has 0 aliphatic carbocycles. The molecule has 6 nitrogen and oxygen atoms in total. The molecule has 3 heterocycles. The lowest BCUT2D eigenvalue weighted by atomic mass is 9.85. The van der Waals surface area contributed by atoms with Crippen molar-refractivity contribution in [1.29, 1.82) is 0 Å². The quantitative estimate of drug-likeness (QED) is 0.780. The van der Waals surface area contributed by atoms with Gasteiger partial charge in [0.1, 0.15) is 0 Å². The molecular formula is C23H27NO5. The summed E-state index contributed by atoms with van der Waals surface area (Å²) >= 11 is 0. The number of benzene rings is 2. The maximum absolute atomic E-state index is 5.89. The van der Waals surface area contributed by atoms with E-state index in [1.807, 2.05) is 0 Å². The Kier molecular flexibility index (Phi) is 4.66. The van der Waals surface area contributed by atoms with Crippen LogP contribution in [-0.4, -0.2) is 45.6 Å². The van der Waals surface area contributed by atoms with E-state index in [4.69, 9.17) is 23.7 Å². The molecule has 0 amide bonds. The lowest BCUT2D eigenvalue weighted by Crippen LogP contribution is -2.41. The van der Waals surface area contributed by atoms with Crippen molar-refractivity contribution in [2.45, 2.75) is 38.3 Å². The number of methoxy groups -OCH3 is 3. The fourth-order valence-electron chi connectivity index (χ4n) is 4.98. The van der Waals surface area contributed by atoms with E-state index >= 15 is 0 Å². The monoisotopic (exact) mass is 397 g/mol. The molecule has 2 aromatic carbocycles.